The molecule has 0 aliphatic rings. The molecule has 2 aromatic carbocycles. The van der Waals surface area contributed by atoms with Crippen molar-refractivity contribution >= 4 is 5.97 Å². The quantitative estimate of drug-likeness (QED) is 0.0989. The molecule has 2 unspecified atom stereocenters. The van der Waals surface area contributed by atoms with Crippen LogP contribution in [0.25, 0.3) is 0 Å². The van der Waals surface area contributed by atoms with Crippen LogP contribution >= 0.6 is 0 Å². The average Bonchev–Trinajstić information content (AvgIpc) is 2.91. The van der Waals surface area contributed by atoms with Crippen molar-refractivity contribution in [3.05, 3.63) is 65.7 Å². The zero-order chi connectivity index (χ0) is 27.6. The number of quaternary nitrogens is 1. The van der Waals surface area contributed by atoms with Crippen molar-refractivity contribution in [2.75, 3.05) is 20.7 Å². The van der Waals surface area contributed by atoms with Gasteiger partial charge in [-0.3, -0.25) is 0 Å². The molecule has 0 aromatic heterocycles. The largest absolute Gasteiger partial charge is 0.487 e. The van der Waals surface area contributed by atoms with Gasteiger partial charge in [0.2, 0.25) is 0 Å². The molecular formula is C34H54NO3+. The summed E-state index contributed by atoms with van der Waals surface area (Å²) >= 11 is 0. The number of benzene rings is 2. The Balaban J connectivity index is 1.89. The maximum absolute atomic E-state index is 13.3. The number of unbranched alkanes of at least 4 members (excludes halogenated alkanes) is 7. The van der Waals surface area contributed by atoms with Gasteiger partial charge in [-0.15, -0.1) is 0 Å². The van der Waals surface area contributed by atoms with E-state index in [-0.39, 0.29) is 24.7 Å². The van der Waals surface area contributed by atoms with Gasteiger partial charge in [0, 0.05) is 12.0 Å². The van der Waals surface area contributed by atoms with Crippen LogP contribution in [0, 0.1) is 0 Å². The van der Waals surface area contributed by atoms with E-state index in [1.54, 1.807) is 0 Å². The first-order valence-corrected chi connectivity index (χ1v) is 15.2. The molecule has 0 amide bonds. The smallest absolute Gasteiger partial charge is 0.365 e. The SMILES string of the molecule is CCCCCCCCCCc1ccccc1OC(CC)COC(=O)C(CCC)[N+](C)(C)Cc1ccccc1. The zero-order valence-corrected chi connectivity index (χ0v) is 24.9. The fourth-order valence-corrected chi connectivity index (χ4v) is 5.15. The summed E-state index contributed by atoms with van der Waals surface area (Å²) in [6.45, 7) is 7.57. The number of carbonyl (C=O) groups is 1. The standard InChI is InChI=1S/C34H54NO3/c1-6-9-10-11-12-13-14-18-24-30-25-19-20-26-33(30)38-31(8-3)28-37-34(36)32(21-7-2)35(4,5)27-29-22-16-15-17-23-29/h15-17,19-20,22-23,25-26,31-32H,6-14,18,21,24,27-28H2,1-5H3/q+1. The van der Waals surface area contributed by atoms with Crippen LogP contribution in [-0.4, -0.2) is 43.3 Å². The van der Waals surface area contributed by atoms with Gasteiger partial charge in [-0.2, -0.15) is 0 Å². The monoisotopic (exact) mass is 524 g/mol. The second kappa shape index (κ2) is 18.0. The number of para-hydroxylation sites is 1. The van der Waals surface area contributed by atoms with Crippen molar-refractivity contribution in [1.82, 2.24) is 0 Å². The third kappa shape index (κ3) is 11.6. The van der Waals surface area contributed by atoms with Crippen LogP contribution in [0.1, 0.15) is 103 Å². The van der Waals surface area contributed by atoms with E-state index in [1.807, 2.05) is 12.1 Å². The van der Waals surface area contributed by atoms with Crippen LogP contribution in [0.4, 0.5) is 0 Å². The van der Waals surface area contributed by atoms with Crippen molar-refractivity contribution in [1.29, 1.82) is 0 Å². The van der Waals surface area contributed by atoms with Crippen LogP contribution in [-0.2, 0) is 22.5 Å². The van der Waals surface area contributed by atoms with Gasteiger partial charge in [-0.1, -0.05) is 114 Å². The average molecular weight is 525 g/mol. The summed E-state index contributed by atoms with van der Waals surface area (Å²) in [7, 11) is 4.26. The fourth-order valence-electron chi connectivity index (χ4n) is 5.15. The Hall–Kier alpha value is -2.33. The Morgan fingerprint density at radius 2 is 1.42 bits per heavy atom. The lowest BCUT2D eigenvalue weighted by Crippen LogP contribution is -2.53. The molecule has 2 aromatic rings. The van der Waals surface area contributed by atoms with Gasteiger partial charge in [0.25, 0.3) is 0 Å². The summed E-state index contributed by atoms with van der Waals surface area (Å²) in [5, 5.41) is 0. The van der Waals surface area contributed by atoms with Crippen molar-refractivity contribution in [3.8, 4) is 5.75 Å². The van der Waals surface area contributed by atoms with Gasteiger partial charge in [-0.05, 0) is 37.3 Å². The Morgan fingerprint density at radius 3 is 2.08 bits per heavy atom. The van der Waals surface area contributed by atoms with Crippen molar-refractivity contribution in [3.63, 3.8) is 0 Å². The summed E-state index contributed by atoms with van der Waals surface area (Å²) in [6.07, 6.45) is 14.0. The molecule has 0 saturated carbocycles. The van der Waals surface area contributed by atoms with Gasteiger partial charge in [0.05, 0.1) is 14.1 Å². The van der Waals surface area contributed by atoms with E-state index in [2.05, 4.69) is 77.3 Å². The van der Waals surface area contributed by atoms with Gasteiger partial charge in [0.15, 0.2) is 6.04 Å². The minimum Gasteiger partial charge on any atom is -0.487 e. The summed E-state index contributed by atoms with van der Waals surface area (Å²) in [4.78, 5) is 13.3. The van der Waals surface area contributed by atoms with E-state index in [0.29, 0.717) is 4.48 Å². The number of aryl methyl sites for hydroxylation is 1. The number of rotatable bonds is 20. The van der Waals surface area contributed by atoms with Gasteiger partial charge < -0.3 is 14.0 Å². The molecule has 4 nitrogen and oxygen atoms in total. The zero-order valence-electron chi connectivity index (χ0n) is 24.9. The summed E-state index contributed by atoms with van der Waals surface area (Å²) in [6, 6.07) is 18.5. The van der Waals surface area contributed by atoms with Gasteiger partial charge in [-0.25, -0.2) is 4.79 Å². The number of carbonyl (C=O) groups excluding carboxylic acids is 1. The second-order valence-electron chi connectivity index (χ2n) is 11.3. The van der Waals surface area contributed by atoms with E-state index in [4.69, 9.17) is 9.47 Å². The lowest BCUT2D eigenvalue weighted by atomic mass is 10.0. The summed E-state index contributed by atoms with van der Waals surface area (Å²) in [5.41, 5.74) is 2.49. The minimum atomic E-state index is -0.202. The fraction of sp³-hybridized carbons (Fsp3) is 0.618. The molecular weight excluding hydrogens is 470 g/mol. The first kappa shape index (κ1) is 31.9. The Kier molecular flexibility index (Phi) is 15.1. The molecule has 38 heavy (non-hydrogen) atoms. The van der Waals surface area contributed by atoms with E-state index in [1.165, 1.54) is 62.5 Å². The third-order valence-electron chi connectivity index (χ3n) is 7.54. The van der Waals surface area contributed by atoms with Crippen molar-refractivity contribution in [2.24, 2.45) is 0 Å². The molecule has 0 spiro atoms. The first-order valence-electron chi connectivity index (χ1n) is 15.2. The third-order valence-corrected chi connectivity index (χ3v) is 7.54. The van der Waals surface area contributed by atoms with Crippen molar-refractivity contribution in [2.45, 2.75) is 117 Å². The Morgan fingerprint density at radius 1 is 0.789 bits per heavy atom. The maximum Gasteiger partial charge on any atom is 0.365 e. The van der Waals surface area contributed by atoms with Crippen LogP contribution in [0.3, 0.4) is 0 Å². The molecule has 0 fully saturated rings. The van der Waals surface area contributed by atoms with Gasteiger partial charge >= 0.3 is 5.97 Å². The molecule has 2 atom stereocenters. The first-order chi connectivity index (χ1) is 18.4. The molecule has 0 aliphatic heterocycles. The second-order valence-corrected chi connectivity index (χ2v) is 11.3. The normalized spacial score (nSPS) is 13.2. The predicted molar refractivity (Wildman–Crippen MR) is 159 cm³/mol. The highest BCUT2D eigenvalue weighted by Crippen LogP contribution is 2.24. The maximum atomic E-state index is 13.3. The Bertz CT molecular complexity index is 896. The Labute approximate surface area is 233 Å². The van der Waals surface area contributed by atoms with E-state index < -0.39 is 0 Å². The van der Waals surface area contributed by atoms with Crippen molar-refractivity contribution < 1.29 is 18.8 Å². The minimum absolute atomic E-state index is 0.123. The van der Waals surface area contributed by atoms with Crippen LogP contribution in [0.5, 0.6) is 5.75 Å². The molecule has 0 aliphatic carbocycles. The molecule has 0 heterocycles. The molecule has 2 rings (SSSR count). The molecule has 0 saturated heterocycles. The number of esters is 1. The van der Waals surface area contributed by atoms with Crippen LogP contribution in [0.15, 0.2) is 54.6 Å². The number of hydrogen-bond donors (Lipinski definition) is 0. The highest BCUT2D eigenvalue weighted by Gasteiger charge is 2.36. The summed E-state index contributed by atoms with van der Waals surface area (Å²) < 4.78 is 12.9. The highest BCUT2D eigenvalue weighted by molar-refractivity contribution is 5.74. The van der Waals surface area contributed by atoms with E-state index in [0.717, 1.165) is 38.0 Å². The van der Waals surface area contributed by atoms with Crippen LogP contribution < -0.4 is 4.74 Å². The van der Waals surface area contributed by atoms with Crippen LogP contribution in [0.2, 0.25) is 0 Å². The highest BCUT2D eigenvalue weighted by atomic mass is 16.6. The van der Waals surface area contributed by atoms with E-state index >= 15 is 0 Å². The number of hydrogen-bond acceptors (Lipinski definition) is 3. The topological polar surface area (TPSA) is 35.5 Å². The summed E-state index contributed by atoms with van der Waals surface area (Å²) in [5.74, 6) is 0.811. The predicted octanol–water partition coefficient (Wildman–Crippen LogP) is 8.52. The lowest BCUT2D eigenvalue weighted by molar-refractivity contribution is -0.920. The molecule has 0 bridgehead atoms. The van der Waals surface area contributed by atoms with E-state index in [9.17, 15) is 4.79 Å². The lowest BCUT2D eigenvalue weighted by Gasteiger charge is -2.36. The molecule has 0 radical (unpaired) electrons. The number of nitrogens with zero attached hydrogens (tertiary/aromatic N) is 1. The number of ether oxygens (including phenoxy) is 2. The molecule has 0 N–H and O–H groups in total. The molecule has 4 heteroatoms. The number of likely N-dealkylation sites (N-methyl/N-ethyl adjacent to an activating group) is 1. The van der Waals surface area contributed by atoms with Gasteiger partial charge in [0.1, 0.15) is 25.0 Å². The molecule has 212 valence electrons.